The van der Waals surface area contributed by atoms with Crippen molar-refractivity contribution in [2.45, 2.75) is 6.54 Å². The molecule has 2 aromatic rings. The summed E-state index contributed by atoms with van der Waals surface area (Å²) in [4.78, 5) is 14.0. The molecule has 0 bridgehead atoms. The van der Waals surface area contributed by atoms with Crippen molar-refractivity contribution in [3.63, 3.8) is 0 Å². The Bertz CT molecular complexity index is 658. The van der Waals surface area contributed by atoms with Crippen molar-refractivity contribution in [3.8, 4) is 11.5 Å². The number of phenols is 1. The summed E-state index contributed by atoms with van der Waals surface area (Å²) >= 11 is 2.18. The molecular formula is C16H16INO3. The van der Waals surface area contributed by atoms with Crippen LogP contribution >= 0.6 is 22.6 Å². The predicted molar refractivity (Wildman–Crippen MR) is 89.6 cm³/mol. The van der Waals surface area contributed by atoms with Crippen LogP contribution in [-0.2, 0) is 6.54 Å². The van der Waals surface area contributed by atoms with Crippen LogP contribution in [0.3, 0.4) is 0 Å². The number of hydrogen-bond donors (Lipinski definition) is 1. The minimum atomic E-state index is -0.0412. The number of aromatic hydroxyl groups is 1. The molecule has 110 valence electrons. The molecule has 0 spiro atoms. The Morgan fingerprint density at radius 2 is 2.05 bits per heavy atom. The van der Waals surface area contributed by atoms with Crippen LogP contribution in [0.2, 0.25) is 0 Å². The van der Waals surface area contributed by atoms with E-state index < -0.39 is 0 Å². The normalized spacial score (nSPS) is 10.2. The van der Waals surface area contributed by atoms with Crippen LogP contribution in [0.25, 0.3) is 0 Å². The molecule has 0 saturated heterocycles. The van der Waals surface area contributed by atoms with Gasteiger partial charge in [0.2, 0.25) is 0 Å². The molecule has 2 rings (SSSR count). The van der Waals surface area contributed by atoms with E-state index in [-0.39, 0.29) is 11.7 Å². The van der Waals surface area contributed by atoms with E-state index in [4.69, 9.17) is 4.74 Å². The zero-order valence-corrected chi connectivity index (χ0v) is 14.0. The number of carbonyl (C=O) groups is 1. The second kappa shape index (κ2) is 6.80. The molecule has 0 aliphatic carbocycles. The second-order valence-corrected chi connectivity index (χ2v) is 5.92. The van der Waals surface area contributed by atoms with E-state index in [9.17, 15) is 9.90 Å². The smallest absolute Gasteiger partial charge is 0.253 e. The maximum absolute atomic E-state index is 12.4. The summed E-state index contributed by atoms with van der Waals surface area (Å²) in [7, 11) is 3.25. The summed E-state index contributed by atoms with van der Waals surface area (Å²) in [5.41, 5.74) is 1.56. The van der Waals surface area contributed by atoms with Gasteiger partial charge in [0.1, 0.15) is 0 Å². The lowest BCUT2D eigenvalue weighted by Gasteiger charge is -2.18. The highest BCUT2D eigenvalue weighted by molar-refractivity contribution is 14.1. The van der Waals surface area contributed by atoms with E-state index in [1.807, 2.05) is 18.2 Å². The first-order valence-corrected chi connectivity index (χ1v) is 7.46. The molecule has 0 atom stereocenters. The Morgan fingerprint density at radius 1 is 1.29 bits per heavy atom. The number of rotatable bonds is 4. The number of amides is 1. The molecule has 1 amide bonds. The molecule has 0 radical (unpaired) electrons. The quantitative estimate of drug-likeness (QED) is 0.806. The fraction of sp³-hybridized carbons (Fsp3) is 0.188. The van der Waals surface area contributed by atoms with E-state index in [2.05, 4.69) is 22.6 Å². The molecule has 1 N–H and O–H groups in total. The van der Waals surface area contributed by atoms with Crippen molar-refractivity contribution in [2.75, 3.05) is 14.2 Å². The zero-order chi connectivity index (χ0) is 15.4. The Labute approximate surface area is 137 Å². The number of nitrogens with zero attached hydrogens (tertiary/aromatic N) is 1. The van der Waals surface area contributed by atoms with Gasteiger partial charge in [-0.05, 0) is 58.5 Å². The highest BCUT2D eigenvalue weighted by Gasteiger charge is 2.13. The molecule has 0 aromatic heterocycles. The number of carbonyl (C=O) groups excluding carboxylic acids is 1. The van der Waals surface area contributed by atoms with Crippen LogP contribution in [0.4, 0.5) is 0 Å². The SMILES string of the molecule is COc1cc(CN(C)C(=O)c2cccc(I)c2)ccc1O. The van der Waals surface area contributed by atoms with E-state index in [1.165, 1.54) is 7.11 Å². The minimum Gasteiger partial charge on any atom is -0.504 e. The first-order chi connectivity index (χ1) is 10.0. The van der Waals surface area contributed by atoms with Gasteiger partial charge in [0, 0.05) is 22.7 Å². The molecule has 21 heavy (non-hydrogen) atoms. The van der Waals surface area contributed by atoms with Crippen molar-refractivity contribution >= 4 is 28.5 Å². The van der Waals surface area contributed by atoms with Gasteiger partial charge in [0.25, 0.3) is 5.91 Å². The lowest BCUT2D eigenvalue weighted by atomic mass is 10.1. The molecule has 0 saturated carbocycles. The molecule has 0 aliphatic rings. The Hall–Kier alpha value is -1.76. The third-order valence-electron chi connectivity index (χ3n) is 3.08. The second-order valence-electron chi connectivity index (χ2n) is 4.68. The van der Waals surface area contributed by atoms with Crippen LogP contribution in [0.5, 0.6) is 11.5 Å². The van der Waals surface area contributed by atoms with Gasteiger partial charge in [0.15, 0.2) is 11.5 Å². The minimum absolute atomic E-state index is 0.0412. The molecule has 0 aliphatic heterocycles. The van der Waals surface area contributed by atoms with Gasteiger partial charge < -0.3 is 14.7 Å². The van der Waals surface area contributed by atoms with Crippen molar-refractivity contribution in [2.24, 2.45) is 0 Å². The van der Waals surface area contributed by atoms with Gasteiger partial charge in [-0.25, -0.2) is 0 Å². The highest BCUT2D eigenvalue weighted by atomic mass is 127. The monoisotopic (exact) mass is 397 g/mol. The standard InChI is InChI=1S/C16H16INO3/c1-18(16(20)12-4-3-5-13(17)9-12)10-11-6-7-14(19)15(8-11)21-2/h3-9,19H,10H2,1-2H3. The van der Waals surface area contributed by atoms with Crippen LogP contribution in [0, 0.1) is 3.57 Å². The van der Waals surface area contributed by atoms with Crippen molar-refractivity contribution in [3.05, 3.63) is 57.2 Å². The molecule has 4 nitrogen and oxygen atoms in total. The van der Waals surface area contributed by atoms with Gasteiger partial charge in [-0.2, -0.15) is 0 Å². The molecule has 2 aromatic carbocycles. The summed E-state index contributed by atoms with van der Waals surface area (Å²) in [6.45, 7) is 0.445. The average Bonchev–Trinajstić information content (AvgIpc) is 2.48. The Morgan fingerprint density at radius 3 is 2.71 bits per heavy atom. The summed E-state index contributed by atoms with van der Waals surface area (Å²) in [6, 6.07) is 12.5. The largest absolute Gasteiger partial charge is 0.504 e. The average molecular weight is 397 g/mol. The lowest BCUT2D eigenvalue weighted by Crippen LogP contribution is -2.26. The van der Waals surface area contributed by atoms with Crippen LogP contribution in [0.15, 0.2) is 42.5 Å². The fourth-order valence-corrected chi connectivity index (χ4v) is 2.55. The maximum atomic E-state index is 12.4. The van der Waals surface area contributed by atoms with Gasteiger partial charge in [-0.3, -0.25) is 4.79 Å². The van der Waals surface area contributed by atoms with Crippen LogP contribution in [0.1, 0.15) is 15.9 Å². The fourth-order valence-electron chi connectivity index (χ4n) is 2.01. The van der Waals surface area contributed by atoms with Gasteiger partial charge >= 0.3 is 0 Å². The molecular weight excluding hydrogens is 381 g/mol. The third-order valence-corrected chi connectivity index (χ3v) is 3.75. The summed E-state index contributed by atoms with van der Waals surface area (Å²) in [5.74, 6) is 0.455. The maximum Gasteiger partial charge on any atom is 0.253 e. The molecule has 0 heterocycles. The summed E-state index contributed by atoms with van der Waals surface area (Å²) in [6.07, 6.45) is 0. The molecule has 0 fully saturated rings. The van der Waals surface area contributed by atoms with Crippen molar-refractivity contribution < 1.29 is 14.6 Å². The first kappa shape index (κ1) is 15.6. The number of methoxy groups -OCH3 is 1. The lowest BCUT2D eigenvalue weighted by molar-refractivity contribution is 0.0785. The van der Waals surface area contributed by atoms with E-state index in [1.54, 1.807) is 36.2 Å². The number of ether oxygens (including phenoxy) is 1. The Kier molecular flexibility index (Phi) is 5.06. The molecule has 5 heteroatoms. The molecule has 0 unspecified atom stereocenters. The first-order valence-electron chi connectivity index (χ1n) is 6.38. The third kappa shape index (κ3) is 3.87. The van der Waals surface area contributed by atoms with Crippen LogP contribution < -0.4 is 4.74 Å². The zero-order valence-electron chi connectivity index (χ0n) is 11.8. The number of benzene rings is 2. The summed E-state index contributed by atoms with van der Waals surface area (Å²) in [5, 5.41) is 9.58. The topological polar surface area (TPSA) is 49.8 Å². The van der Waals surface area contributed by atoms with Crippen molar-refractivity contribution in [1.82, 2.24) is 4.90 Å². The van der Waals surface area contributed by atoms with Crippen LogP contribution in [-0.4, -0.2) is 30.1 Å². The van der Waals surface area contributed by atoms with Gasteiger partial charge in [-0.1, -0.05) is 12.1 Å². The highest BCUT2D eigenvalue weighted by Crippen LogP contribution is 2.26. The van der Waals surface area contributed by atoms with Gasteiger partial charge in [0.05, 0.1) is 7.11 Å². The number of halogens is 1. The van der Waals surface area contributed by atoms with Gasteiger partial charge in [-0.15, -0.1) is 0 Å². The predicted octanol–water partition coefficient (Wildman–Crippen LogP) is 3.28. The van der Waals surface area contributed by atoms with E-state index >= 15 is 0 Å². The van der Waals surface area contributed by atoms with E-state index in [0.717, 1.165) is 9.13 Å². The van der Waals surface area contributed by atoms with Crippen molar-refractivity contribution in [1.29, 1.82) is 0 Å². The number of phenolic OH excluding ortho intramolecular Hbond substituents is 1. The Balaban J connectivity index is 2.14. The number of hydrogen-bond acceptors (Lipinski definition) is 3. The van der Waals surface area contributed by atoms with E-state index in [0.29, 0.717) is 17.9 Å². The summed E-state index contributed by atoms with van der Waals surface area (Å²) < 4.78 is 6.10.